The van der Waals surface area contributed by atoms with Gasteiger partial charge in [0.2, 0.25) is 5.91 Å². The first-order valence-electron chi connectivity index (χ1n) is 8.43. The van der Waals surface area contributed by atoms with E-state index in [2.05, 4.69) is 10.6 Å². The molecule has 2 aromatic rings. The molecule has 2 aromatic carbocycles. The predicted octanol–water partition coefficient (Wildman–Crippen LogP) is 2.42. The number of benzene rings is 2. The number of hydrogen-bond acceptors (Lipinski definition) is 5. The topological polar surface area (TPSA) is 105 Å². The number of anilines is 1. The number of nitro groups is 1. The average Bonchev–Trinajstić information content (AvgIpc) is 2.66. The van der Waals surface area contributed by atoms with Crippen LogP contribution in [0.4, 0.5) is 11.4 Å². The van der Waals surface area contributed by atoms with Crippen molar-refractivity contribution < 1.29 is 14.5 Å². The maximum Gasteiger partial charge on any atom is 0.292 e. The van der Waals surface area contributed by atoms with Crippen LogP contribution in [0.3, 0.4) is 0 Å². The van der Waals surface area contributed by atoms with Gasteiger partial charge in [-0.1, -0.05) is 24.3 Å². The summed E-state index contributed by atoms with van der Waals surface area (Å²) in [4.78, 5) is 35.8. The third-order valence-electron chi connectivity index (χ3n) is 3.87. The summed E-state index contributed by atoms with van der Waals surface area (Å²) < 4.78 is 0. The number of rotatable bonds is 8. The molecule has 0 atom stereocenters. The molecule has 0 radical (unpaired) electrons. The zero-order valence-corrected chi connectivity index (χ0v) is 15.3. The summed E-state index contributed by atoms with van der Waals surface area (Å²) in [5, 5.41) is 16.6. The highest BCUT2D eigenvalue weighted by Gasteiger charge is 2.12. The molecule has 2 amide bonds. The van der Waals surface area contributed by atoms with Gasteiger partial charge < -0.3 is 15.5 Å². The Morgan fingerprint density at radius 3 is 2.37 bits per heavy atom. The van der Waals surface area contributed by atoms with Crippen molar-refractivity contribution in [2.75, 3.05) is 26.0 Å². The number of para-hydroxylation sites is 2. The van der Waals surface area contributed by atoms with Gasteiger partial charge in [-0.3, -0.25) is 19.7 Å². The van der Waals surface area contributed by atoms with Gasteiger partial charge in [0.05, 0.1) is 4.92 Å². The molecule has 2 rings (SSSR count). The van der Waals surface area contributed by atoms with Crippen LogP contribution in [-0.4, -0.2) is 42.3 Å². The molecule has 0 bridgehead atoms. The second-order valence-electron chi connectivity index (χ2n) is 6.12. The van der Waals surface area contributed by atoms with Crippen LogP contribution in [0.1, 0.15) is 22.3 Å². The van der Waals surface area contributed by atoms with Crippen LogP contribution in [0.2, 0.25) is 0 Å². The van der Waals surface area contributed by atoms with Crippen molar-refractivity contribution in [3.05, 3.63) is 69.8 Å². The molecule has 0 aliphatic heterocycles. The Morgan fingerprint density at radius 2 is 1.74 bits per heavy atom. The number of carbonyl (C=O) groups is 2. The molecule has 0 fully saturated rings. The second-order valence-corrected chi connectivity index (χ2v) is 6.12. The SMILES string of the molecule is CN(C)C(=O)c1ccc(CNC(=O)CCNc2ccccc2[N+](=O)[O-])cc1. The van der Waals surface area contributed by atoms with E-state index < -0.39 is 4.92 Å². The summed E-state index contributed by atoms with van der Waals surface area (Å²) in [5.74, 6) is -0.249. The largest absolute Gasteiger partial charge is 0.379 e. The molecule has 2 N–H and O–H groups in total. The van der Waals surface area contributed by atoms with Crippen LogP contribution in [0.5, 0.6) is 0 Å². The molecule has 142 valence electrons. The monoisotopic (exact) mass is 370 g/mol. The highest BCUT2D eigenvalue weighted by molar-refractivity contribution is 5.93. The fraction of sp³-hybridized carbons (Fsp3) is 0.263. The quantitative estimate of drug-likeness (QED) is 0.548. The second kappa shape index (κ2) is 9.33. The fourth-order valence-corrected chi connectivity index (χ4v) is 2.41. The van der Waals surface area contributed by atoms with E-state index in [0.29, 0.717) is 17.8 Å². The maximum absolute atomic E-state index is 11.9. The highest BCUT2D eigenvalue weighted by atomic mass is 16.6. The third-order valence-corrected chi connectivity index (χ3v) is 3.87. The molecular formula is C19H22N4O4. The Bertz CT molecular complexity index is 819. The zero-order valence-electron chi connectivity index (χ0n) is 15.3. The first-order valence-corrected chi connectivity index (χ1v) is 8.43. The smallest absolute Gasteiger partial charge is 0.292 e. The fourth-order valence-electron chi connectivity index (χ4n) is 2.41. The lowest BCUT2D eigenvalue weighted by Gasteiger charge is -2.11. The Hall–Kier alpha value is -3.42. The minimum absolute atomic E-state index is 0.0229. The van der Waals surface area contributed by atoms with Gasteiger partial charge in [0.15, 0.2) is 0 Å². The van der Waals surface area contributed by atoms with E-state index in [0.717, 1.165) is 5.56 Å². The molecule has 0 heterocycles. The summed E-state index contributed by atoms with van der Waals surface area (Å²) in [5.41, 5.74) is 1.83. The zero-order chi connectivity index (χ0) is 19.8. The molecule has 8 heteroatoms. The average molecular weight is 370 g/mol. The first kappa shape index (κ1) is 19.9. The van der Waals surface area contributed by atoms with Crippen molar-refractivity contribution in [3.8, 4) is 0 Å². The third kappa shape index (κ3) is 5.81. The molecule has 0 unspecified atom stereocenters. The number of amides is 2. The van der Waals surface area contributed by atoms with Gasteiger partial charge in [-0.2, -0.15) is 0 Å². The van der Waals surface area contributed by atoms with Gasteiger partial charge in [0, 0.05) is 45.2 Å². The molecule has 8 nitrogen and oxygen atoms in total. The highest BCUT2D eigenvalue weighted by Crippen LogP contribution is 2.22. The predicted molar refractivity (Wildman–Crippen MR) is 103 cm³/mol. The van der Waals surface area contributed by atoms with Gasteiger partial charge in [-0.25, -0.2) is 0 Å². The Balaban J connectivity index is 1.78. The van der Waals surface area contributed by atoms with Crippen molar-refractivity contribution in [1.82, 2.24) is 10.2 Å². The number of nitrogens with one attached hydrogen (secondary N) is 2. The van der Waals surface area contributed by atoms with Gasteiger partial charge >= 0.3 is 0 Å². The van der Waals surface area contributed by atoms with E-state index >= 15 is 0 Å². The van der Waals surface area contributed by atoms with Crippen molar-refractivity contribution in [3.63, 3.8) is 0 Å². The van der Waals surface area contributed by atoms with Gasteiger partial charge in [0.1, 0.15) is 5.69 Å². The molecule has 0 aliphatic carbocycles. The van der Waals surface area contributed by atoms with Crippen LogP contribution in [0.15, 0.2) is 48.5 Å². The Kier molecular flexibility index (Phi) is 6.87. The van der Waals surface area contributed by atoms with Gasteiger partial charge in [0.25, 0.3) is 11.6 Å². The molecule has 27 heavy (non-hydrogen) atoms. The van der Waals surface area contributed by atoms with Gasteiger partial charge in [-0.15, -0.1) is 0 Å². The maximum atomic E-state index is 11.9. The number of carbonyl (C=O) groups excluding carboxylic acids is 2. The summed E-state index contributed by atoms with van der Waals surface area (Å²) in [6.45, 7) is 0.633. The summed E-state index contributed by atoms with van der Waals surface area (Å²) in [6, 6.07) is 13.3. The molecule has 0 aromatic heterocycles. The number of hydrogen-bond donors (Lipinski definition) is 2. The lowest BCUT2D eigenvalue weighted by Crippen LogP contribution is -2.25. The molecule has 0 saturated carbocycles. The Morgan fingerprint density at radius 1 is 1.07 bits per heavy atom. The lowest BCUT2D eigenvalue weighted by molar-refractivity contribution is -0.384. The minimum atomic E-state index is -0.465. The van der Waals surface area contributed by atoms with Crippen LogP contribution < -0.4 is 10.6 Å². The van der Waals surface area contributed by atoms with E-state index in [1.54, 1.807) is 56.6 Å². The van der Waals surface area contributed by atoms with Crippen LogP contribution >= 0.6 is 0 Å². The van der Waals surface area contributed by atoms with Crippen molar-refractivity contribution in [1.29, 1.82) is 0 Å². The van der Waals surface area contributed by atoms with Crippen LogP contribution in [-0.2, 0) is 11.3 Å². The number of nitro benzene ring substituents is 1. The molecular weight excluding hydrogens is 348 g/mol. The first-order chi connectivity index (χ1) is 12.9. The Labute approximate surface area is 157 Å². The van der Waals surface area contributed by atoms with Crippen LogP contribution in [0, 0.1) is 10.1 Å². The number of nitrogens with zero attached hydrogens (tertiary/aromatic N) is 2. The van der Waals surface area contributed by atoms with E-state index in [1.165, 1.54) is 11.0 Å². The van der Waals surface area contributed by atoms with E-state index in [1.807, 2.05) is 0 Å². The van der Waals surface area contributed by atoms with Crippen molar-refractivity contribution in [2.45, 2.75) is 13.0 Å². The normalized spacial score (nSPS) is 10.1. The van der Waals surface area contributed by atoms with Crippen molar-refractivity contribution >= 4 is 23.2 Å². The standard InChI is InChI=1S/C19H22N4O4/c1-22(2)19(25)15-9-7-14(8-10-15)13-21-18(24)11-12-20-16-5-3-4-6-17(16)23(26)27/h3-10,20H,11-13H2,1-2H3,(H,21,24). The van der Waals surface area contributed by atoms with E-state index in [9.17, 15) is 19.7 Å². The molecule has 0 saturated heterocycles. The molecule has 0 spiro atoms. The minimum Gasteiger partial charge on any atom is -0.379 e. The van der Waals surface area contributed by atoms with Gasteiger partial charge in [-0.05, 0) is 23.8 Å². The summed E-state index contributed by atoms with van der Waals surface area (Å²) in [6.07, 6.45) is 0.184. The van der Waals surface area contributed by atoms with E-state index in [-0.39, 0.29) is 30.5 Å². The van der Waals surface area contributed by atoms with Crippen molar-refractivity contribution in [2.24, 2.45) is 0 Å². The summed E-state index contributed by atoms with van der Waals surface area (Å²) in [7, 11) is 3.38. The summed E-state index contributed by atoms with van der Waals surface area (Å²) >= 11 is 0. The molecule has 0 aliphatic rings. The van der Waals surface area contributed by atoms with E-state index in [4.69, 9.17) is 0 Å². The lowest BCUT2D eigenvalue weighted by atomic mass is 10.1. The van der Waals surface area contributed by atoms with Crippen LogP contribution in [0.25, 0.3) is 0 Å².